The number of nitrogens with one attached hydrogen (secondary N) is 3. The highest BCUT2D eigenvalue weighted by Gasteiger charge is 2.50. The van der Waals surface area contributed by atoms with Crippen LogP contribution in [0.3, 0.4) is 0 Å². The zero-order valence-electron chi connectivity index (χ0n) is 37.8. The number of benzene rings is 3. The number of nitrogens with zero attached hydrogens (tertiary/aromatic N) is 5. The van der Waals surface area contributed by atoms with Crippen molar-refractivity contribution in [2.75, 3.05) is 67.7 Å². The van der Waals surface area contributed by atoms with Crippen LogP contribution in [0.25, 0.3) is 11.0 Å². The number of aromatic nitrogens is 2. The fourth-order valence-corrected chi connectivity index (χ4v) is 12.8. The first-order chi connectivity index (χ1) is 32.6. The van der Waals surface area contributed by atoms with Gasteiger partial charge in [-0.15, -0.1) is 0 Å². The number of anilines is 4. The van der Waals surface area contributed by atoms with Crippen LogP contribution in [-0.2, 0) is 25.9 Å². The zero-order valence-corrected chi connectivity index (χ0v) is 38.6. The summed E-state index contributed by atoms with van der Waals surface area (Å²) in [5.41, 5.74) is 5.89. The number of carbonyl (C=O) groups is 1. The summed E-state index contributed by atoms with van der Waals surface area (Å²) in [5.74, 6) is -0.220. The molecule has 6 aliphatic rings. The molecule has 4 saturated heterocycles. The van der Waals surface area contributed by atoms with Crippen molar-refractivity contribution in [2.45, 2.75) is 93.8 Å². The molecule has 3 N–H and O–H groups in total. The number of nitro groups is 1. The molecular weight excluding hydrogens is 873 g/mol. The molecule has 1 amide bonds. The zero-order chi connectivity index (χ0) is 45.9. The fourth-order valence-electron chi connectivity index (χ4n) is 11.8. The molecule has 2 aromatic heterocycles. The standard InChI is InChI=1S/C50H58N8O8S/c1-2-33-6-3-4-7-38(33)41-8-5-19-56(41)36-27-50(28-36)16-20-55(21-17-50)35-9-11-39(42(25-35)57-44-24-34-13-18-51-47(34)53-49(44)66-46-31-65-30-45(46)57)48(59)54-67(62,63)37-10-12-40(43(26-37)58(60)61)52-29-32-14-22-64-23-15-32/h3-4,6-7,9-13,18,24-26,32,36,41,45-46,52H,2,5,8,14-17,19-23,27-31H2,1H3,(H,51,53)(H,54,59)/t41-,45+,46+/m0/s1. The highest BCUT2D eigenvalue weighted by molar-refractivity contribution is 7.90. The number of H-pyrrole nitrogens is 1. The van der Waals surface area contributed by atoms with E-state index in [0.717, 1.165) is 68.9 Å². The van der Waals surface area contributed by atoms with Gasteiger partial charge < -0.3 is 34.3 Å². The molecule has 0 radical (unpaired) electrons. The number of hydrogen-bond donors (Lipinski definition) is 3. The lowest BCUT2D eigenvalue weighted by molar-refractivity contribution is -0.384. The second-order valence-electron chi connectivity index (χ2n) is 19.4. The van der Waals surface area contributed by atoms with Crippen LogP contribution in [0.4, 0.5) is 28.4 Å². The third kappa shape index (κ3) is 8.27. The molecule has 0 bridgehead atoms. The minimum absolute atomic E-state index is 0.115. The summed E-state index contributed by atoms with van der Waals surface area (Å²) in [6.07, 6.45) is 11.1. The number of aromatic amines is 1. The Bertz CT molecular complexity index is 2800. The van der Waals surface area contributed by atoms with Crippen LogP contribution in [0.5, 0.6) is 5.88 Å². The number of pyridine rings is 1. The van der Waals surface area contributed by atoms with E-state index in [0.29, 0.717) is 73.4 Å². The maximum atomic E-state index is 14.6. The third-order valence-electron chi connectivity index (χ3n) is 15.5. The van der Waals surface area contributed by atoms with Gasteiger partial charge in [0.1, 0.15) is 23.1 Å². The summed E-state index contributed by atoms with van der Waals surface area (Å²) >= 11 is 0. The van der Waals surface area contributed by atoms with Gasteiger partial charge in [0, 0.05) is 68.3 Å². The Morgan fingerprint density at radius 2 is 1.78 bits per heavy atom. The van der Waals surface area contributed by atoms with Crippen molar-refractivity contribution in [3.63, 3.8) is 0 Å². The first-order valence-electron chi connectivity index (χ1n) is 24.0. The number of likely N-dealkylation sites (tertiary alicyclic amines) is 1. The molecule has 7 heterocycles. The van der Waals surface area contributed by atoms with Gasteiger partial charge in [-0.2, -0.15) is 4.98 Å². The van der Waals surface area contributed by atoms with Crippen molar-refractivity contribution in [2.24, 2.45) is 11.3 Å². The lowest BCUT2D eigenvalue weighted by Gasteiger charge is -2.56. The number of fused-ring (bicyclic) bond motifs is 3. The second kappa shape index (κ2) is 17.7. The van der Waals surface area contributed by atoms with Gasteiger partial charge in [-0.25, -0.2) is 13.1 Å². The number of ether oxygens (including phenoxy) is 3. The van der Waals surface area contributed by atoms with E-state index in [2.05, 4.69) is 56.0 Å². The molecule has 5 fully saturated rings. The topological polar surface area (TPSA) is 184 Å². The van der Waals surface area contributed by atoms with Crippen LogP contribution in [0.15, 0.2) is 83.9 Å². The number of hydrogen-bond acceptors (Lipinski definition) is 13. The summed E-state index contributed by atoms with van der Waals surface area (Å²) in [5, 5.41) is 16.2. The van der Waals surface area contributed by atoms with Crippen molar-refractivity contribution in [1.82, 2.24) is 19.6 Å². The molecule has 1 spiro atoms. The monoisotopic (exact) mass is 930 g/mol. The Morgan fingerprint density at radius 1 is 0.955 bits per heavy atom. The highest BCUT2D eigenvalue weighted by atomic mass is 32.2. The number of rotatable bonds is 12. The van der Waals surface area contributed by atoms with Crippen LogP contribution in [0.2, 0.25) is 0 Å². The molecule has 0 unspecified atom stereocenters. The van der Waals surface area contributed by atoms with Crippen LogP contribution in [-0.4, -0.2) is 105 Å². The average Bonchev–Trinajstić information content (AvgIpc) is 4.13. The molecule has 1 aliphatic carbocycles. The van der Waals surface area contributed by atoms with Crippen LogP contribution in [0.1, 0.15) is 85.8 Å². The molecule has 5 aliphatic heterocycles. The van der Waals surface area contributed by atoms with E-state index in [4.69, 9.17) is 19.2 Å². The molecule has 3 atom stereocenters. The van der Waals surface area contributed by atoms with Crippen molar-refractivity contribution >= 4 is 55.4 Å². The van der Waals surface area contributed by atoms with E-state index in [1.54, 1.807) is 6.07 Å². The lowest BCUT2D eigenvalue weighted by Crippen LogP contribution is -2.55. The molecule has 3 aromatic carbocycles. The Kier molecular flexibility index (Phi) is 11.6. The fraction of sp³-hybridized carbons (Fsp3) is 0.480. The summed E-state index contributed by atoms with van der Waals surface area (Å²) in [4.78, 5) is 41.0. The van der Waals surface area contributed by atoms with Gasteiger partial charge in [-0.05, 0) is 129 Å². The predicted octanol–water partition coefficient (Wildman–Crippen LogP) is 7.87. The van der Waals surface area contributed by atoms with E-state index in [1.807, 2.05) is 35.4 Å². The summed E-state index contributed by atoms with van der Waals surface area (Å²) in [6.45, 7) is 7.50. The molecule has 16 nitrogen and oxygen atoms in total. The normalized spacial score (nSPS) is 23.1. The molecular formula is C50H58N8O8S. The lowest BCUT2D eigenvalue weighted by atomic mass is 9.59. The maximum Gasteiger partial charge on any atom is 0.293 e. The average molecular weight is 931 g/mol. The van der Waals surface area contributed by atoms with Gasteiger partial charge in [0.2, 0.25) is 5.88 Å². The Balaban J connectivity index is 0.868. The Labute approximate surface area is 390 Å². The second-order valence-corrected chi connectivity index (χ2v) is 21.0. The third-order valence-corrected chi connectivity index (χ3v) is 16.9. The maximum absolute atomic E-state index is 14.6. The molecule has 11 rings (SSSR count). The molecule has 67 heavy (non-hydrogen) atoms. The summed E-state index contributed by atoms with van der Waals surface area (Å²) in [7, 11) is -4.58. The van der Waals surface area contributed by atoms with Gasteiger partial charge in [0.15, 0.2) is 0 Å². The van der Waals surface area contributed by atoms with Gasteiger partial charge in [-0.3, -0.25) is 19.8 Å². The Hall–Kier alpha value is -5.75. The predicted molar refractivity (Wildman–Crippen MR) is 255 cm³/mol. The number of amides is 1. The number of sulfonamides is 1. The molecule has 352 valence electrons. The number of piperidine rings is 1. The smallest absolute Gasteiger partial charge is 0.293 e. The van der Waals surface area contributed by atoms with Gasteiger partial charge in [-0.1, -0.05) is 31.2 Å². The van der Waals surface area contributed by atoms with E-state index in [1.165, 1.54) is 48.9 Å². The van der Waals surface area contributed by atoms with Crippen LogP contribution < -0.4 is 24.6 Å². The number of aryl methyl sites for hydroxylation is 1. The van der Waals surface area contributed by atoms with Gasteiger partial charge >= 0.3 is 0 Å². The minimum Gasteiger partial charge on any atom is -0.468 e. The minimum atomic E-state index is -4.58. The van der Waals surface area contributed by atoms with E-state index in [9.17, 15) is 23.3 Å². The van der Waals surface area contributed by atoms with Crippen molar-refractivity contribution < 1.29 is 32.3 Å². The first-order valence-corrected chi connectivity index (χ1v) is 25.5. The summed E-state index contributed by atoms with van der Waals surface area (Å²) < 4.78 is 48.2. The molecule has 5 aromatic rings. The first kappa shape index (κ1) is 43.8. The van der Waals surface area contributed by atoms with E-state index >= 15 is 0 Å². The summed E-state index contributed by atoms with van der Waals surface area (Å²) in [6, 6.07) is 22.8. The van der Waals surface area contributed by atoms with Crippen molar-refractivity contribution in [3.8, 4) is 5.88 Å². The Morgan fingerprint density at radius 3 is 2.58 bits per heavy atom. The number of nitro benzene ring substituents is 1. The molecule has 17 heteroatoms. The van der Waals surface area contributed by atoms with Crippen LogP contribution >= 0.6 is 0 Å². The van der Waals surface area contributed by atoms with Gasteiger partial charge in [0.25, 0.3) is 21.6 Å². The number of carbonyl (C=O) groups excluding carboxylic acids is 1. The van der Waals surface area contributed by atoms with Crippen molar-refractivity contribution in [3.05, 3.63) is 106 Å². The largest absolute Gasteiger partial charge is 0.468 e. The van der Waals surface area contributed by atoms with Gasteiger partial charge in [0.05, 0.1) is 40.3 Å². The van der Waals surface area contributed by atoms with E-state index in [-0.39, 0.29) is 23.2 Å². The van der Waals surface area contributed by atoms with Crippen LogP contribution in [0, 0.1) is 21.4 Å². The quantitative estimate of drug-likeness (QED) is 0.0812. The van der Waals surface area contributed by atoms with E-state index < -0.39 is 37.5 Å². The SMILES string of the molecule is CCc1ccccc1[C@@H]1CCCN1C1CC2(CCN(c3ccc(C(=O)NS(=O)(=O)c4ccc(NCC5CCOCC5)c([N+](=O)[O-])c4)c(N4c5cc6cc[nH]c6nc5O[C@@H]5COC[C@H]54)c3)CC2)C1. The van der Waals surface area contributed by atoms with Crippen molar-refractivity contribution in [1.29, 1.82) is 0 Å². The highest BCUT2D eigenvalue weighted by Crippen LogP contribution is 2.54. The molecule has 1 saturated carbocycles.